The molecule has 1 unspecified atom stereocenters. The molecule has 0 radical (unpaired) electrons. The Hall–Kier alpha value is -2.65. The number of aryl methyl sites for hydroxylation is 2. The molecule has 3 aromatic rings. The summed E-state index contributed by atoms with van der Waals surface area (Å²) in [6.07, 6.45) is 8.97. The highest BCUT2D eigenvalue weighted by atomic mass is 32.1. The summed E-state index contributed by atoms with van der Waals surface area (Å²) in [6, 6.07) is 0. The molecular formula is C18H19N5O3S. The molecule has 1 aliphatic rings. The van der Waals surface area contributed by atoms with Crippen molar-refractivity contribution in [3.63, 3.8) is 0 Å². The van der Waals surface area contributed by atoms with Gasteiger partial charge in [0.15, 0.2) is 11.4 Å². The van der Waals surface area contributed by atoms with Crippen LogP contribution in [0.15, 0.2) is 18.6 Å². The van der Waals surface area contributed by atoms with Crippen LogP contribution in [0.25, 0.3) is 21.7 Å². The van der Waals surface area contributed by atoms with Gasteiger partial charge in [0.1, 0.15) is 16.3 Å². The van der Waals surface area contributed by atoms with Gasteiger partial charge in [-0.15, -0.1) is 11.3 Å². The molecule has 0 aliphatic heterocycles. The molecule has 0 spiro atoms. The van der Waals surface area contributed by atoms with E-state index in [4.69, 9.17) is 0 Å². The lowest BCUT2D eigenvalue weighted by Gasteiger charge is -2.20. The van der Waals surface area contributed by atoms with Gasteiger partial charge in [0.2, 0.25) is 0 Å². The first-order chi connectivity index (χ1) is 13.0. The van der Waals surface area contributed by atoms with Crippen LogP contribution in [0.1, 0.15) is 30.2 Å². The molecule has 27 heavy (non-hydrogen) atoms. The van der Waals surface area contributed by atoms with Crippen LogP contribution in [-0.4, -0.2) is 48.3 Å². The predicted molar refractivity (Wildman–Crippen MR) is 102 cm³/mol. The maximum Gasteiger partial charge on any atom is 0.337 e. The summed E-state index contributed by atoms with van der Waals surface area (Å²) in [5, 5.41) is 23.2. The highest BCUT2D eigenvalue weighted by Gasteiger charge is 2.30. The van der Waals surface area contributed by atoms with Crippen LogP contribution >= 0.6 is 11.3 Å². The van der Waals surface area contributed by atoms with E-state index >= 15 is 0 Å². The summed E-state index contributed by atoms with van der Waals surface area (Å²) < 4.78 is 0. The molecule has 8 nitrogen and oxygen atoms in total. The minimum Gasteiger partial charge on any atom is -0.479 e. The number of anilines is 1. The van der Waals surface area contributed by atoms with Gasteiger partial charge in [-0.05, 0) is 38.2 Å². The van der Waals surface area contributed by atoms with Gasteiger partial charge in [-0.1, -0.05) is 0 Å². The van der Waals surface area contributed by atoms with Gasteiger partial charge >= 0.3 is 5.97 Å². The van der Waals surface area contributed by atoms with Crippen molar-refractivity contribution in [2.45, 2.75) is 38.2 Å². The van der Waals surface area contributed by atoms with Crippen LogP contribution in [0.3, 0.4) is 0 Å². The summed E-state index contributed by atoms with van der Waals surface area (Å²) >= 11 is 1.64. The third kappa shape index (κ3) is 3.35. The normalized spacial score (nSPS) is 15.9. The van der Waals surface area contributed by atoms with Crippen molar-refractivity contribution < 1.29 is 15.0 Å². The topological polar surface area (TPSA) is 121 Å². The Labute approximate surface area is 159 Å². The van der Waals surface area contributed by atoms with Crippen molar-refractivity contribution in [3.05, 3.63) is 29.0 Å². The van der Waals surface area contributed by atoms with Gasteiger partial charge in [0, 0.05) is 17.3 Å². The average molecular weight is 385 g/mol. The molecule has 0 saturated heterocycles. The number of carboxylic acids is 1. The van der Waals surface area contributed by atoms with E-state index in [0.717, 1.165) is 35.9 Å². The number of thiophene rings is 1. The lowest BCUT2D eigenvalue weighted by atomic mass is 9.97. The molecule has 0 amide bonds. The number of carbonyl (C=O) groups is 1. The zero-order chi connectivity index (χ0) is 19.0. The lowest BCUT2D eigenvalue weighted by molar-refractivity contribution is -0.155. The van der Waals surface area contributed by atoms with E-state index in [2.05, 4.69) is 25.3 Å². The SMILES string of the molecule is CC(O)(CNc1nc(-c2cnccn2)nc2sc3c(c12)CCCC3)C(=O)O. The maximum atomic E-state index is 11.2. The molecule has 0 aromatic carbocycles. The van der Waals surface area contributed by atoms with Gasteiger partial charge in [0.25, 0.3) is 0 Å². The summed E-state index contributed by atoms with van der Waals surface area (Å²) in [5.74, 6) is -0.338. The van der Waals surface area contributed by atoms with Gasteiger partial charge in [0.05, 0.1) is 18.1 Å². The Kier molecular flexibility index (Phi) is 4.48. The first kappa shape index (κ1) is 17.7. The fourth-order valence-corrected chi connectivity index (χ4v) is 4.41. The van der Waals surface area contributed by atoms with E-state index in [1.54, 1.807) is 29.9 Å². The van der Waals surface area contributed by atoms with Crippen molar-refractivity contribution in [3.8, 4) is 11.5 Å². The largest absolute Gasteiger partial charge is 0.479 e. The fraction of sp³-hybridized carbons (Fsp3) is 0.389. The van der Waals surface area contributed by atoms with Crippen molar-refractivity contribution in [2.24, 2.45) is 0 Å². The Morgan fingerprint density at radius 1 is 1.30 bits per heavy atom. The molecule has 3 aromatic heterocycles. The quantitative estimate of drug-likeness (QED) is 0.612. The van der Waals surface area contributed by atoms with Crippen LogP contribution in [-0.2, 0) is 17.6 Å². The minimum atomic E-state index is -1.90. The molecule has 1 atom stereocenters. The Morgan fingerprint density at radius 2 is 2.11 bits per heavy atom. The molecule has 140 valence electrons. The summed E-state index contributed by atoms with van der Waals surface area (Å²) in [6.45, 7) is 1.09. The number of nitrogens with one attached hydrogen (secondary N) is 1. The summed E-state index contributed by atoms with van der Waals surface area (Å²) in [4.78, 5) is 31.0. The molecule has 0 fully saturated rings. The molecular weight excluding hydrogens is 366 g/mol. The predicted octanol–water partition coefficient (Wildman–Crippen LogP) is 2.27. The van der Waals surface area contributed by atoms with Crippen LogP contribution in [0, 0.1) is 0 Å². The number of fused-ring (bicyclic) bond motifs is 3. The van der Waals surface area contributed by atoms with Crippen molar-refractivity contribution in [1.82, 2.24) is 19.9 Å². The van der Waals surface area contributed by atoms with E-state index in [-0.39, 0.29) is 6.54 Å². The fourth-order valence-electron chi connectivity index (χ4n) is 3.15. The number of hydrogen-bond donors (Lipinski definition) is 3. The van der Waals surface area contributed by atoms with Crippen LogP contribution < -0.4 is 5.32 Å². The highest BCUT2D eigenvalue weighted by Crippen LogP contribution is 2.39. The average Bonchev–Trinajstić information content (AvgIpc) is 3.05. The molecule has 9 heteroatoms. The number of aliphatic carboxylic acids is 1. The summed E-state index contributed by atoms with van der Waals surface area (Å²) in [7, 11) is 0. The molecule has 3 N–H and O–H groups in total. The van der Waals surface area contributed by atoms with Gasteiger partial charge in [-0.2, -0.15) is 0 Å². The van der Waals surface area contributed by atoms with Crippen molar-refractivity contribution >= 4 is 33.3 Å². The second-order valence-corrected chi connectivity index (χ2v) is 7.89. The number of nitrogens with zero attached hydrogens (tertiary/aromatic N) is 4. The number of hydrogen-bond acceptors (Lipinski definition) is 8. The van der Waals surface area contributed by atoms with E-state index in [9.17, 15) is 15.0 Å². The molecule has 0 saturated carbocycles. The van der Waals surface area contributed by atoms with Crippen LogP contribution in [0.5, 0.6) is 0 Å². The molecule has 1 aliphatic carbocycles. The molecule has 4 rings (SSSR count). The molecule has 3 heterocycles. The lowest BCUT2D eigenvalue weighted by Crippen LogP contribution is -2.42. The molecule has 0 bridgehead atoms. The zero-order valence-electron chi connectivity index (χ0n) is 14.8. The van der Waals surface area contributed by atoms with Gasteiger partial charge < -0.3 is 15.5 Å². The minimum absolute atomic E-state index is 0.168. The van der Waals surface area contributed by atoms with Crippen LogP contribution in [0.4, 0.5) is 5.82 Å². The number of aliphatic hydroxyl groups is 1. The first-order valence-corrected chi connectivity index (χ1v) is 9.55. The number of carboxylic acid groups (broad SMARTS) is 1. The number of aromatic nitrogens is 4. The second-order valence-electron chi connectivity index (χ2n) is 6.81. The summed E-state index contributed by atoms with van der Waals surface area (Å²) in [5.41, 5.74) is -0.136. The second kappa shape index (κ2) is 6.82. The number of rotatable bonds is 5. The van der Waals surface area contributed by atoms with Gasteiger partial charge in [-0.3, -0.25) is 4.98 Å². The maximum absolute atomic E-state index is 11.2. The van der Waals surface area contributed by atoms with E-state index < -0.39 is 11.6 Å². The Balaban J connectivity index is 1.83. The van der Waals surface area contributed by atoms with Crippen molar-refractivity contribution in [1.29, 1.82) is 0 Å². The zero-order valence-corrected chi connectivity index (χ0v) is 15.6. The third-order valence-electron chi connectivity index (χ3n) is 4.67. The first-order valence-electron chi connectivity index (χ1n) is 8.74. The monoisotopic (exact) mass is 385 g/mol. The van der Waals surface area contributed by atoms with E-state index in [1.807, 2.05) is 0 Å². The Morgan fingerprint density at radius 3 is 2.85 bits per heavy atom. The third-order valence-corrected chi connectivity index (χ3v) is 5.85. The van der Waals surface area contributed by atoms with E-state index in [1.165, 1.54) is 17.4 Å². The smallest absolute Gasteiger partial charge is 0.337 e. The van der Waals surface area contributed by atoms with Gasteiger partial charge in [-0.25, -0.2) is 19.7 Å². The van der Waals surface area contributed by atoms with Crippen LogP contribution in [0.2, 0.25) is 0 Å². The van der Waals surface area contributed by atoms with Crippen molar-refractivity contribution in [2.75, 3.05) is 11.9 Å². The standard InChI is InChI=1S/C18H19N5O3S/c1-18(26,17(24)25)9-21-15-13-10-4-2-3-5-12(10)27-16(13)23-14(22-15)11-8-19-6-7-20-11/h6-8,26H,2-5,9H2,1H3,(H,24,25)(H,21,22,23). The highest BCUT2D eigenvalue weighted by molar-refractivity contribution is 7.19. The van der Waals surface area contributed by atoms with E-state index in [0.29, 0.717) is 17.3 Å². The Bertz CT molecular complexity index is 1000.